The van der Waals surface area contributed by atoms with Gasteiger partial charge in [-0.2, -0.15) is 0 Å². The van der Waals surface area contributed by atoms with Crippen molar-refractivity contribution in [2.24, 2.45) is 0 Å². The Morgan fingerprint density at radius 3 is 2.70 bits per heavy atom. The van der Waals surface area contributed by atoms with Crippen molar-refractivity contribution in [3.8, 4) is 5.75 Å². The molecule has 0 radical (unpaired) electrons. The molecule has 0 aliphatic carbocycles. The van der Waals surface area contributed by atoms with Crippen LogP contribution in [0.5, 0.6) is 5.75 Å². The Labute approximate surface area is 117 Å². The number of para-hydroxylation sites is 2. The van der Waals surface area contributed by atoms with E-state index in [1.165, 1.54) is 0 Å². The van der Waals surface area contributed by atoms with E-state index >= 15 is 0 Å². The molecule has 0 spiro atoms. The lowest BCUT2D eigenvalue weighted by Crippen LogP contribution is -2.10. The van der Waals surface area contributed by atoms with Crippen LogP contribution < -0.4 is 4.74 Å². The average Bonchev–Trinajstić information content (AvgIpc) is 2.54. The van der Waals surface area contributed by atoms with Gasteiger partial charge in [0.15, 0.2) is 6.10 Å². The maximum Gasteiger partial charge on any atom is 0.159 e. The van der Waals surface area contributed by atoms with Gasteiger partial charge in [-0.05, 0) is 24.3 Å². The van der Waals surface area contributed by atoms with E-state index in [0.717, 1.165) is 27.9 Å². The van der Waals surface area contributed by atoms with E-state index in [1.54, 1.807) is 0 Å². The topological polar surface area (TPSA) is 22.1 Å². The third-order valence-electron chi connectivity index (χ3n) is 3.53. The Kier molecular flexibility index (Phi) is 2.52. The number of ether oxygens (including phenoxy) is 1. The first-order valence-corrected chi connectivity index (χ1v) is 6.70. The van der Waals surface area contributed by atoms with E-state index in [1.807, 2.05) is 42.5 Å². The SMILES string of the molecule is C1=CC(c2ccc3ccccc3n2)Oc2ccccc21. The summed E-state index contributed by atoms with van der Waals surface area (Å²) in [5.74, 6) is 0.912. The Morgan fingerprint density at radius 2 is 1.70 bits per heavy atom. The Bertz CT molecular complexity index is 807. The predicted octanol–water partition coefficient (Wildman–Crippen LogP) is 4.38. The van der Waals surface area contributed by atoms with Crippen LogP contribution in [0.4, 0.5) is 0 Å². The van der Waals surface area contributed by atoms with E-state index in [4.69, 9.17) is 9.72 Å². The molecule has 3 aromatic rings. The van der Waals surface area contributed by atoms with Gasteiger partial charge in [0.1, 0.15) is 5.75 Å². The second-order valence-electron chi connectivity index (χ2n) is 4.86. The van der Waals surface area contributed by atoms with Crippen molar-refractivity contribution in [3.63, 3.8) is 0 Å². The van der Waals surface area contributed by atoms with Gasteiger partial charge in [0, 0.05) is 10.9 Å². The van der Waals surface area contributed by atoms with Gasteiger partial charge >= 0.3 is 0 Å². The lowest BCUT2D eigenvalue weighted by molar-refractivity contribution is 0.247. The van der Waals surface area contributed by atoms with Gasteiger partial charge in [0.05, 0.1) is 11.2 Å². The molecule has 0 saturated carbocycles. The second kappa shape index (κ2) is 4.49. The zero-order valence-corrected chi connectivity index (χ0v) is 10.9. The van der Waals surface area contributed by atoms with Crippen molar-refractivity contribution in [1.82, 2.24) is 4.98 Å². The van der Waals surface area contributed by atoms with Crippen LogP contribution in [0.25, 0.3) is 17.0 Å². The molecule has 20 heavy (non-hydrogen) atoms. The van der Waals surface area contributed by atoms with Gasteiger partial charge in [0.2, 0.25) is 0 Å². The first kappa shape index (κ1) is 11.2. The summed E-state index contributed by atoms with van der Waals surface area (Å²) >= 11 is 0. The van der Waals surface area contributed by atoms with Crippen molar-refractivity contribution in [2.45, 2.75) is 6.10 Å². The average molecular weight is 259 g/mol. The number of rotatable bonds is 1. The van der Waals surface area contributed by atoms with E-state index in [2.05, 4.69) is 30.4 Å². The van der Waals surface area contributed by atoms with Crippen molar-refractivity contribution in [2.75, 3.05) is 0 Å². The molecule has 1 unspecified atom stereocenters. The van der Waals surface area contributed by atoms with E-state index in [0.29, 0.717) is 0 Å². The molecule has 0 fully saturated rings. The molecule has 1 aromatic heterocycles. The van der Waals surface area contributed by atoms with Crippen molar-refractivity contribution >= 4 is 17.0 Å². The molecule has 0 bridgehead atoms. The van der Waals surface area contributed by atoms with Gasteiger partial charge in [-0.3, -0.25) is 0 Å². The number of hydrogen-bond donors (Lipinski definition) is 0. The maximum atomic E-state index is 6.02. The summed E-state index contributed by atoms with van der Waals surface area (Å²) in [5.41, 5.74) is 3.06. The molecule has 2 heteroatoms. The minimum atomic E-state index is -0.116. The zero-order valence-electron chi connectivity index (χ0n) is 10.9. The number of fused-ring (bicyclic) bond motifs is 2. The first-order valence-electron chi connectivity index (χ1n) is 6.70. The van der Waals surface area contributed by atoms with Crippen LogP contribution in [0.1, 0.15) is 17.4 Å². The van der Waals surface area contributed by atoms with Crippen LogP contribution in [-0.4, -0.2) is 4.98 Å². The molecule has 1 aliphatic heterocycles. The highest BCUT2D eigenvalue weighted by Crippen LogP contribution is 2.32. The molecule has 1 aliphatic rings. The molecule has 0 saturated heterocycles. The second-order valence-corrected chi connectivity index (χ2v) is 4.86. The molecule has 0 N–H and O–H groups in total. The van der Waals surface area contributed by atoms with Crippen LogP contribution in [0.15, 0.2) is 66.7 Å². The maximum absolute atomic E-state index is 6.02. The minimum absolute atomic E-state index is 0.116. The largest absolute Gasteiger partial charge is 0.479 e. The Balaban J connectivity index is 1.74. The summed E-state index contributed by atoms with van der Waals surface area (Å²) in [7, 11) is 0. The van der Waals surface area contributed by atoms with Crippen LogP contribution in [0.3, 0.4) is 0 Å². The third-order valence-corrected chi connectivity index (χ3v) is 3.53. The highest BCUT2D eigenvalue weighted by Gasteiger charge is 2.17. The Morgan fingerprint density at radius 1 is 0.850 bits per heavy atom. The number of aromatic nitrogens is 1. The van der Waals surface area contributed by atoms with Gasteiger partial charge in [-0.15, -0.1) is 0 Å². The molecule has 2 heterocycles. The summed E-state index contributed by atoms with van der Waals surface area (Å²) in [4.78, 5) is 4.70. The smallest absolute Gasteiger partial charge is 0.159 e. The molecule has 4 rings (SSSR count). The van der Waals surface area contributed by atoms with Crippen LogP contribution in [0.2, 0.25) is 0 Å². The molecule has 2 aromatic carbocycles. The summed E-state index contributed by atoms with van der Waals surface area (Å²) < 4.78 is 6.02. The fourth-order valence-corrected chi connectivity index (χ4v) is 2.49. The molecule has 1 atom stereocenters. The van der Waals surface area contributed by atoms with Gasteiger partial charge in [-0.1, -0.05) is 48.5 Å². The fourth-order valence-electron chi connectivity index (χ4n) is 2.49. The summed E-state index contributed by atoms with van der Waals surface area (Å²) in [6.07, 6.45) is 4.04. The van der Waals surface area contributed by atoms with Gasteiger partial charge in [-0.25, -0.2) is 4.98 Å². The molecular formula is C18H13NO. The highest BCUT2D eigenvalue weighted by atomic mass is 16.5. The summed E-state index contributed by atoms with van der Waals surface area (Å²) in [6, 6.07) is 20.3. The highest BCUT2D eigenvalue weighted by molar-refractivity contribution is 5.78. The number of pyridine rings is 1. The predicted molar refractivity (Wildman–Crippen MR) is 80.6 cm³/mol. The van der Waals surface area contributed by atoms with Gasteiger partial charge in [0.25, 0.3) is 0 Å². The molecular weight excluding hydrogens is 246 g/mol. The van der Waals surface area contributed by atoms with Crippen LogP contribution in [-0.2, 0) is 0 Å². The fraction of sp³-hybridized carbons (Fsp3) is 0.0556. The quantitative estimate of drug-likeness (QED) is 0.647. The monoisotopic (exact) mass is 259 g/mol. The van der Waals surface area contributed by atoms with E-state index < -0.39 is 0 Å². The van der Waals surface area contributed by atoms with Gasteiger partial charge < -0.3 is 4.74 Å². The standard InChI is InChI=1S/C18H13NO/c1-3-7-15-13(5-1)9-11-16(19-15)18-12-10-14-6-2-4-8-17(14)20-18/h1-12,18H. The normalized spacial score (nSPS) is 16.7. The van der Waals surface area contributed by atoms with Crippen molar-refractivity contribution in [3.05, 3.63) is 78.0 Å². The van der Waals surface area contributed by atoms with E-state index in [9.17, 15) is 0 Å². The van der Waals surface area contributed by atoms with Crippen molar-refractivity contribution in [1.29, 1.82) is 0 Å². The summed E-state index contributed by atoms with van der Waals surface area (Å²) in [5, 5.41) is 1.15. The lowest BCUT2D eigenvalue weighted by Gasteiger charge is -2.21. The van der Waals surface area contributed by atoms with Crippen LogP contribution in [0, 0.1) is 0 Å². The molecule has 0 amide bonds. The minimum Gasteiger partial charge on any atom is -0.479 e. The number of nitrogens with zero attached hydrogens (tertiary/aromatic N) is 1. The van der Waals surface area contributed by atoms with Crippen molar-refractivity contribution < 1.29 is 4.74 Å². The van der Waals surface area contributed by atoms with E-state index in [-0.39, 0.29) is 6.10 Å². The zero-order chi connectivity index (χ0) is 13.4. The lowest BCUT2D eigenvalue weighted by atomic mass is 10.1. The molecule has 96 valence electrons. The summed E-state index contributed by atoms with van der Waals surface area (Å²) in [6.45, 7) is 0. The van der Waals surface area contributed by atoms with Crippen LogP contribution >= 0.6 is 0 Å². The number of hydrogen-bond acceptors (Lipinski definition) is 2. The molecule has 2 nitrogen and oxygen atoms in total. The first-order chi connectivity index (χ1) is 9.90. The third kappa shape index (κ3) is 1.86. The Hall–Kier alpha value is -2.61. The number of benzene rings is 2.